The van der Waals surface area contributed by atoms with Gasteiger partial charge in [0.25, 0.3) is 0 Å². The molecule has 2 aromatic rings. The SMILES string of the molecule is COC(=O)C1=C(CN2[C@@H]3COCC34[C@@H](N[SH+](C)=O)C[C@@H]24)NC(c2nccs2)=N[C@H]1c1ccc(F)cc1Cl. The molecule has 1 spiro atoms. The number of aromatic nitrogens is 1. The Labute approximate surface area is 224 Å². The first-order valence-corrected chi connectivity index (χ1v) is 14.8. The van der Waals surface area contributed by atoms with Crippen molar-refractivity contribution < 1.29 is 22.9 Å². The second-order valence-corrected chi connectivity index (χ2v) is 12.2. The number of likely N-dealkylation sites (tertiary alicyclic amines) is 1. The number of nitrogens with zero attached hydrogens (tertiary/aromatic N) is 3. The number of hydrogen-bond acceptors (Lipinski definition) is 9. The van der Waals surface area contributed by atoms with Gasteiger partial charge >= 0.3 is 5.97 Å². The molecule has 4 aliphatic rings. The zero-order valence-corrected chi connectivity index (χ0v) is 22.6. The average molecular weight is 567 g/mol. The van der Waals surface area contributed by atoms with Crippen molar-refractivity contribution in [3.63, 3.8) is 0 Å². The van der Waals surface area contributed by atoms with Gasteiger partial charge in [-0.3, -0.25) is 9.89 Å². The summed E-state index contributed by atoms with van der Waals surface area (Å²) in [5.41, 5.74) is 1.38. The highest BCUT2D eigenvalue weighted by Gasteiger charge is 2.74. The third kappa shape index (κ3) is 3.96. The van der Waals surface area contributed by atoms with E-state index in [1.807, 2.05) is 5.38 Å². The third-order valence-electron chi connectivity index (χ3n) is 7.88. The summed E-state index contributed by atoms with van der Waals surface area (Å²) >= 11 is 7.86. The van der Waals surface area contributed by atoms with Gasteiger partial charge in [-0.15, -0.1) is 16.1 Å². The normalized spacial score (nSPS) is 31.4. The van der Waals surface area contributed by atoms with Crippen LogP contribution in [0.4, 0.5) is 4.39 Å². The standard InChI is InChI=1S/C24H25ClFN5O4S2/c1-34-23(32)19-15(9-31-17-8-16(30-37(2)33)24(17)11-35-10-18(24)31)28-21(22-27-5-6-36-22)29-20(19)13-4-3-12(26)7-14(13)25/h3-7,16-18,20H,8-11H2,1-2H3,(H,28,29)(H,30,33)/p+1/t16-,17+,18+,20-,24?,37?/m0/s1. The molecule has 2 saturated heterocycles. The molecule has 1 saturated carbocycles. The minimum Gasteiger partial charge on any atom is -0.466 e. The van der Waals surface area contributed by atoms with E-state index >= 15 is 0 Å². The number of methoxy groups -OCH3 is 1. The third-order valence-corrected chi connectivity index (χ3v) is 9.66. The van der Waals surface area contributed by atoms with E-state index in [1.54, 1.807) is 18.5 Å². The van der Waals surface area contributed by atoms with Gasteiger partial charge in [0.2, 0.25) is 0 Å². The van der Waals surface area contributed by atoms with Gasteiger partial charge in [-0.05, 0) is 18.6 Å². The number of rotatable bonds is 7. The molecule has 1 aromatic heterocycles. The van der Waals surface area contributed by atoms with Crippen LogP contribution in [-0.2, 0) is 29.5 Å². The molecule has 2 unspecified atom stereocenters. The average Bonchev–Trinajstić information content (AvgIpc) is 3.55. The number of hydrogen-bond donors (Lipinski definition) is 2. The van der Waals surface area contributed by atoms with Crippen LogP contribution in [0.1, 0.15) is 23.0 Å². The Morgan fingerprint density at radius 1 is 1.46 bits per heavy atom. The summed E-state index contributed by atoms with van der Waals surface area (Å²) in [5.74, 6) is -0.509. The number of ether oxygens (including phenoxy) is 2. The molecule has 37 heavy (non-hydrogen) atoms. The summed E-state index contributed by atoms with van der Waals surface area (Å²) in [6.45, 7) is 1.61. The first-order chi connectivity index (χ1) is 17.8. The fraction of sp³-hybridized carbons (Fsp3) is 0.458. The summed E-state index contributed by atoms with van der Waals surface area (Å²) < 4.78 is 40.1. The fourth-order valence-corrected chi connectivity index (χ4v) is 7.87. The van der Waals surface area contributed by atoms with Gasteiger partial charge in [0.05, 0.1) is 31.9 Å². The minimum absolute atomic E-state index is 0.0758. The number of halogens is 2. The highest BCUT2D eigenvalue weighted by atomic mass is 35.5. The first-order valence-electron chi connectivity index (χ1n) is 11.8. The first kappa shape index (κ1) is 25.1. The number of aliphatic imine (C=N–C) groups is 1. The summed E-state index contributed by atoms with van der Waals surface area (Å²) in [6.07, 6.45) is 4.21. The van der Waals surface area contributed by atoms with E-state index in [2.05, 4.69) is 19.9 Å². The fourth-order valence-electron chi connectivity index (χ4n) is 6.23. The van der Waals surface area contributed by atoms with Gasteiger partial charge in [-0.25, -0.2) is 14.2 Å². The van der Waals surface area contributed by atoms with Crippen molar-refractivity contribution in [2.75, 3.05) is 33.1 Å². The number of carbonyl (C=O) groups excluding carboxylic acids is 1. The van der Waals surface area contributed by atoms with Crippen LogP contribution in [-0.4, -0.2) is 72.9 Å². The lowest BCUT2D eigenvalue weighted by Crippen LogP contribution is -2.84. The molecular formula is C24H26ClFN5O4S2+. The van der Waals surface area contributed by atoms with Crippen LogP contribution in [0.15, 0.2) is 46.0 Å². The topological polar surface area (TPSA) is 105 Å². The highest BCUT2D eigenvalue weighted by molar-refractivity contribution is 7.82. The number of piperidine rings is 1. The Bertz CT molecular complexity index is 1340. The van der Waals surface area contributed by atoms with Crippen LogP contribution in [0.2, 0.25) is 5.02 Å². The monoisotopic (exact) mass is 566 g/mol. The molecule has 1 aromatic carbocycles. The zero-order valence-electron chi connectivity index (χ0n) is 20.1. The summed E-state index contributed by atoms with van der Waals surface area (Å²) in [7, 11) is -0.143. The van der Waals surface area contributed by atoms with E-state index in [-0.39, 0.29) is 28.6 Å². The van der Waals surface area contributed by atoms with Gasteiger partial charge in [-0.1, -0.05) is 21.9 Å². The lowest BCUT2D eigenvalue weighted by molar-refractivity contribution is -0.192. The van der Waals surface area contributed by atoms with Gasteiger partial charge < -0.3 is 14.8 Å². The van der Waals surface area contributed by atoms with Gasteiger partial charge in [0.1, 0.15) is 29.1 Å². The Morgan fingerprint density at radius 2 is 2.30 bits per heavy atom. The van der Waals surface area contributed by atoms with E-state index in [9.17, 15) is 13.4 Å². The number of esters is 1. The molecule has 0 bridgehead atoms. The number of carbonyl (C=O) groups is 1. The lowest BCUT2D eigenvalue weighted by atomic mass is 9.50. The van der Waals surface area contributed by atoms with Crippen molar-refractivity contribution in [1.82, 2.24) is 19.9 Å². The zero-order chi connectivity index (χ0) is 25.9. The van der Waals surface area contributed by atoms with Crippen LogP contribution >= 0.6 is 22.9 Å². The number of benzene rings is 1. The minimum atomic E-state index is -1.47. The van der Waals surface area contributed by atoms with E-state index < -0.39 is 28.8 Å². The maximum absolute atomic E-state index is 13.9. The van der Waals surface area contributed by atoms with Gasteiger partial charge in [-0.2, -0.15) is 0 Å². The molecule has 196 valence electrons. The Balaban J connectivity index is 1.38. The maximum atomic E-state index is 13.9. The van der Waals surface area contributed by atoms with Crippen molar-refractivity contribution in [2.45, 2.75) is 30.6 Å². The molecule has 9 nitrogen and oxygen atoms in total. The number of thiazole rings is 1. The smallest absolute Gasteiger partial charge is 0.338 e. The van der Waals surface area contributed by atoms with E-state index in [0.29, 0.717) is 47.4 Å². The molecule has 3 fully saturated rings. The Hall–Kier alpha value is -2.22. The highest BCUT2D eigenvalue weighted by Crippen LogP contribution is 2.61. The molecule has 6 atom stereocenters. The molecule has 4 heterocycles. The molecule has 0 radical (unpaired) electrons. The Morgan fingerprint density at radius 3 is 3.00 bits per heavy atom. The second kappa shape index (κ2) is 9.51. The predicted molar refractivity (Wildman–Crippen MR) is 139 cm³/mol. The molecular weight excluding hydrogens is 541 g/mol. The van der Waals surface area contributed by atoms with Crippen molar-refractivity contribution in [3.05, 3.63) is 62.5 Å². The number of amidine groups is 1. The van der Waals surface area contributed by atoms with Crippen LogP contribution in [0.3, 0.4) is 0 Å². The van der Waals surface area contributed by atoms with Crippen LogP contribution in [0, 0.1) is 11.2 Å². The number of thiol groups is 1. The second-order valence-electron chi connectivity index (χ2n) is 9.64. The van der Waals surface area contributed by atoms with Crippen molar-refractivity contribution in [1.29, 1.82) is 0 Å². The summed E-state index contributed by atoms with van der Waals surface area (Å²) in [5, 5.41) is 6.02. The van der Waals surface area contributed by atoms with Gasteiger partial charge in [0.15, 0.2) is 10.8 Å². The van der Waals surface area contributed by atoms with Crippen molar-refractivity contribution in [2.24, 2.45) is 10.4 Å². The van der Waals surface area contributed by atoms with Gasteiger partial charge in [0, 0.05) is 51.9 Å². The summed E-state index contributed by atoms with van der Waals surface area (Å²) in [4.78, 5) is 24.7. The number of nitrogens with one attached hydrogen (secondary N) is 2. The predicted octanol–water partition coefficient (Wildman–Crippen LogP) is 2.13. The molecule has 0 amide bonds. The van der Waals surface area contributed by atoms with Crippen molar-refractivity contribution >= 4 is 45.7 Å². The lowest BCUT2D eigenvalue weighted by Gasteiger charge is -2.70. The quantitative estimate of drug-likeness (QED) is 0.300. The summed E-state index contributed by atoms with van der Waals surface area (Å²) in [6, 6.07) is 3.76. The Kier molecular flexibility index (Phi) is 6.45. The van der Waals surface area contributed by atoms with Crippen LogP contribution < -0.4 is 10.0 Å². The molecule has 6 rings (SSSR count). The van der Waals surface area contributed by atoms with Crippen molar-refractivity contribution in [3.8, 4) is 0 Å². The maximum Gasteiger partial charge on any atom is 0.338 e. The molecule has 13 heteroatoms. The molecule has 3 aliphatic heterocycles. The van der Waals surface area contributed by atoms with E-state index in [1.165, 1.54) is 30.6 Å². The van der Waals surface area contributed by atoms with Crippen LogP contribution in [0.25, 0.3) is 0 Å². The molecule has 2 N–H and O–H groups in total. The van der Waals surface area contributed by atoms with E-state index in [4.69, 9.17) is 26.1 Å². The van der Waals surface area contributed by atoms with E-state index in [0.717, 1.165) is 6.42 Å². The molecule has 1 aliphatic carbocycles. The van der Waals surface area contributed by atoms with Crippen LogP contribution in [0.5, 0.6) is 0 Å². The largest absolute Gasteiger partial charge is 0.466 e.